The molecule has 2 N–H and O–H groups in total. The van der Waals surface area contributed by atoms with Gasteiger partial charge in [0.25, 0.3) is 5.69 Å². The SMILES string of the molecule is Cc1ccc([N+](=O)[O-])cc1NCC(C)(C)C(=O)O. The van der Waals surface area contributed by atoms with Crippen LogP contribution in [0.3, 0.4) is 0 Å². The first-order chi connectivity index (χ1) is 8.24. The van der Waals surface area contributed by atoms with Crippen LogP contribution in [-0.2, 0) is 4.79 Å². The Labute approximate surface area is 105 Å². The van der Waals surface area contributed by atoms with E-state index in [1.165, 1.54) is 12.1 Å². The molecule has 0 amide bonds. The predicted molar refractivity (Wildman–Crippen MR) is 67.7 cm³/mol. The number of nitrogens with one attached hydrogen (secondary N) is 1. The van der Waals surface area contributed by atoms with Crippen molar-refractivity contribution in [2.45, 2.75) is 20.8 Å². The number of rotatable bonds is 5. The summed E-state index contributed by atoms with van der Waals surface area (Å²) in [6, 6.07) is 4.46. The summed E-state index contributed by atoms with van der Waals surface area (Å²) < 4.78 is 0. The fourth-order valence-electron chi connectivity index (χ4n) is 1.31. The summed E-state index contributed by atoms with van der Waals surface area (Å²) in [5.74, 6) is -0.918. The third kappa shape index (κ3) is 3.19. The van der Waals surface area contributed by atoms with E-state index in [4.69, 9.17) is 5.11 Å². The maximum absolute atomic E-state index is 11.0. The highest BCUT2D eigenvalue weighted by Gasteiger charge is 2.27. The van der Waals surface area contributed by atoms with Gasteiger partial charge in [-0.25, -0.2) is 0 Å². The number of carboxylic acid groups (broad SMARTS) is 1. The van der Waals surface area contributed by atoms with Gasteiger partial charge in [0.2, 0.25) is 0 Å². The number of nitrogens with zero attached hydrogens (tertiary/aromatic N) is 1. The smallest absolute Gasteiger partial charge is 0.310 e. The van der Waals surface area contributed by atoms with Crippen molar-refractivity contribution in [1.82, 2.24) is 0 Å². The van der Waals surface area contributed by atoms with E-state index in [1.54, 1.807) is 26.8 Å². The topological polar surface area (TPSA) is 92.5 Å². The third-order valence-corrected chi connectivity index (χ3v) is 2.73. The maximum Gasteiger partial charge on any atom is 0.310 e. The zero-order valence-corrected chi connectivity index (χ0v) is 10.6. The second kappa shape index (κ2) is 5.03. The van der Waals surface area contributed by atoms with Crippen molar-refractivity contribution in [1.29, 1.82) is 0 Å². The van der Waals surface area contributed by atoms with Gasteiger partial charge in [-0.05, 0) is 26.3 Å². The molecule has 0 aromatic heterocycles. The molecule has 0 saturated heterocycles. The molecular formula is C12H16N2O4. The molecule has 0 aliphatic carbocycles. The predicted octanol–water partition coefficient (Wildman–Crippen LogP) is 2.43. The standard InChI is InChI=1S/C12H16N2O4/c1-8-4-5-9(14(17)18)6-10(8)13-7-12(2,3)11(15)16/h4-6,13H,7H2,1-3H3,(H,15,16). The van der Waals surface area contributed by atoms with Crippen LogP contribution in [0.2, 0.25) is 0 Å². The number of hydrogen-bond donors (Lipinski definition) is 2. The number of aliphatic carboxylic acids is 1. The van der Waals surface area contributed by atoms with Crippen molar-refractivity contribution in [2.24, 2.45) is 5.41 Å². The number of anilines is 1. The summed E-state index contributed by atoms with van der Waals surface area (Å²) in [4.78, 5) is 21.1. The lowest BCUT2D eigenvalue weighted by Gasteiger charge is -2.21. The summed E-state index contributed by atoms with van der Waals surface area (Å²) >= 11 is 0. The molecule has 0 unspecified atom stereocenters. The lowest BCUT2D eigenvalue weighted by Crippen LogP contribution is -2.31. The Bertz CT molecular complexity index is 483. The van der Waals surface area contributed by atoms with E-state index in [0.717, 1.165) is 5.56 Å². The van der Waals surface area contributed by atoms with Crippen LogP contribution in [0.5, 0.6) is 0 Å². The number of nitro benzene ring substituents is 1. The van der Waals surface area contributed by atoms with Crippen LogP contribution in [0.4, 0.5) is 11.4 Å². The minimum absolute atomic E-state index is 0.0174. The zero-order valence-electron chi connectivity index (χ0n) is 10.6. The molecule has 1 aromatic carbocycles. The van der Waals surface area contributed by atoms with Crippen LogP contribution in [0, 0.1) is 22.5 Å². The monoisotopic (exact) mass is 252 g/mol. The van der Waals surface area contributed by atoms with Crippen molar-refractivity contribution in [2.75, 3.05) is 11.9 Å². The largest absolute Gasteiger partial charge is 0.481 e. The molecule has 0 spiro atoms. The van der Waals surface area contributed by atoms with Gasteiger partial charge in [0, 0.05) is 24.4 Å². The van der Waals surface area contributed by atoms with Gasteiger partial charge < -0.3 is 10.4 Å². The van der Waals surface area contributed by atoms with Gasteiger partial charge >= 0.3 is 5.97 Å². The third-order valence-electron chi connectivity index (χ3n) is 2.73. The quantitative estimate of drug-likeness (QED) is 0.620. The Morgan fingerprint density at radius 1 is 1.50 bits per heavy atom. The van der Waals surface area contributed by atoms with E-state index in [1.807, 2.05) is 0 Å². The summed E-state index contributed by atoms with van der Waals surface area (Å²) in [5, 5.41) is 22.6. The Hall–Kier alpha value is -2.11. The van der Waals surface area contributed by atoms with E-state index in [9.17, 15) is 14.9 Å². The molecule has 18 heavy (non-hydrogen) atoms. The second-order valence-electron chi connectivity index (χ2n) is 4.80. The second-order valence-corrected chi connectivity index (χ2v) is 4.80. The highest BCUT2D eigenvalue weighted by molar-refractivity contribution is 5.74. The van der Waals surface area contributed by atoms with Crippen molar-refractivity contribution in [3.8, 4) is 0 Å². The summed E-state index contributed by atoms with van der Waals surface area (Å²) in [6.45, 7) is 5.19. The van der Waals surface area contributed by atoms with E-state index in [-0.39, 0.29) is 12.2 Å². The van der Waals surface area contributed by atoms with E-state index < -0.39 is 16.3 Å². The molecule has 0 heterocycles. The maximum atomic E-state index is 11.0. The molecule has 0 aliphatic rings. The van der Waals surface area contributed by atoms with Crippen LogP contribution in [0.25, 0.3) is 0 Å². The molecule has 0 saturated carbocycles. The molecular weight excluding hydrogens is 236 g/mol. The van der Waals surface area contributed by atoms with E-state index >= 15 is 0 Å². The first-order valence-electron chi connectivity index (χ1n) is 5.46. The van der Waals surface area contributed by atoms with Crippen LogP contribution < -0.4 is 5.32 Å². The fraction of sp³-hybridized carbons (Fsp3) is 0.417. The summed E-state index contributed by atoms with van der Waals surface area (Å²) in [5.41, 5.74) is 0.466. The number of non-ortho nitro benzene ring substituents is 1. The number of nitro groups is 1. The molecule has 0 fully saturated rings. The molecule has 98 valence electrons. The average Bonchev–Trinajstić information content (AvgIpc) is 2.27. The van der Waals surface area contributed by atoms with Crippen molar-refractivity contribution < 1.29 is 14.8 Å². The van der Waals surface area contributed by atoms with Gasteiger partial charge in [-0.3, -0.25) is 14.9 Å². The van der Waals surface area contributed by atoms with Gasteiger partial charge in [0.15, 0.2) is 0 Å². The lowest BCUT2D eigenvalue weighted by molar-refractivity contribution is -0.384. The van der Waals surface area contributed by atoms with Gasteiger partial charge in [0.1, 0.15) is 0 Å². The lowest BCUT2D eigenvalue weighted by atomic mass is 9.93. The molecule has 0 radical (unpaired) electrons. The fourth-order valence-corrected chi connectivity index (χ4v) is 1.31. The van der Waals surface area contributed by atoms with Crippen molar-refractivity contribution >= 4 is 17.3 Å². The average molecular weight is 252 g/mol. The summed E-state index contributed by atoms with van der Waals surface area (Å²) in [6.07, 6.45) is 0. The molecule has 0 aliphatic heterocycles. The van der Waals surface area contributed by atoms with E-state index in [2.05, 4.69) is 5.32 Å². The number of benzene rings is 1. The molecule has 1 aromatic rings. The molecule has 1 rings (SSSR count). The number of hydrogen-bond acceptors (Lipinski definition) is 4. The molecule has 0 atom stereocenters. The first-order valence-corrected chi connectivity index (χ1v) is 5.46. The summed E-state index contributed by atoms with van der Waals surface area (Å²) in [7, 11) is 0. The van der Waals surface area contributed by atoms with E-state index in [0.29, 0.717) is 5.69 Å². The van der Waals surface area contributed by atoms with Gasteiger partial charge in [-0.15, -0.1) is 0 Å². The molecule has 0 bridgehead atoms. The molecule has 6 nitrogen and oxygen atoms in total. The first kappa shape index (κ1) is 14.0. The Morgan fingerprint density at radius 3 is 2.61 bits per heavy atom. The Kier molecular flexibility index (Phi) is 3.90. The van der Waals surface area contributed by atoms with Crippen molar-refractivity contribution in [3.05, 3.63) is 33.9 Å². The Balaban J connectivity index is 2.88. The number of carboxylic acids is 1. The van der Waals surface area contributed by atoms with Crippen LogP contribution in [0.15, 0.2) is 18.2 Å². The van der Waals surface area contributed by atoms with Gasteiger partial charge in [-0.1, -0.05) is 6.07 Å². The van der Waals surface area contributed by atoms with Crippen LogP contribution >= 0.6 is 0 Å². The minimum atomic E-state index is -0.933. The van der Waals surface area contributed by atoms with Gasteiger partial charge in [0.05, 0.1) is 10.3 Å². The minimum Gasteiger partial charge on any atom is -0.481 e. The highest BCUT2D eigenvalue weighted by Crippen LogP contribution is 2.24. The van der Waals surface area contributed by atoms with Gasteiger partial charge in [-0.2, -0.15) is 0 Å². The van der Waals surface area contributed by atoms with Crippen LogP contribution in [0.1, 0.15) is 19.4 Å². The highest BCUT2D eigenvalue weighted by atomic mass is 16.6. The number of carbonyl (C=O) groups is 1. The number of aryl methyl sites for hydroxylation is 1. The normalized spacial score (nSPS) is 11.1. The Morgan fingerprint density at radius 2 is 2.11 bits per heavy atom. The zero-order chi connectivity index (χ0) is 13.9. The van der Waals surface area contributed by atoms with Crippen LogP contribution in [-0.4, -0.2) is 22.5 Å². The molecule has 6 heteroatoms. The van der Waals surface area contributed by atoms with Crippen molar-refractivity contribution in [3.63, 3.8) is 0 Å².